The number of hydrogen-bond donors (Lipinski definition) is 1. The monoisotopic (exact) mass is 448 g/mol. The van der Waals surface area contributed by atoms with Gasteiger partial charge < -0.3 is 19.5 Å². The molecule has 0 fully saturated rings. The summed E-state index contributed by atoms with van der Waals surface area (Å²) in [5.74, 6) is 0.127. The van der Waals surface area contributed by atoms with Crippen LogP contribution in [0.4, 0.5) is 0 Å². The van der Waals surface area contributed by atoms with Crippen LogP contribution in [0.1, 0.15) is 17.5 Å². The summed E-state index contributed by atoms with van der Waals surface area (Å²) in [5, 5.41) is 12.2. The fraction of sp³-hybridized carbons (Fsp3) is 0.250. The number of nitriles is 1. The minimum Gasteiger partial charge on any atom is -0.493 e. The Morgan fingerprint density at radius 1 is 1.21 bits per heavy atom. The highest BCUT2D eigenvalue weighted by Crippen LogP contribution is 2.32. The van der Waals surface area contributed by atoms with E-state index in [1.807, 2.05) is 19.1 Å². The summed E-state index contributed by atoms with van der Waals surface area (Å²) < 4.78 is 17.6. The van der Waals surface area contributed by atoms with E-state index in [0.717, 1.165) is 5.56 Å². The molecule has 0 aliphatic rings. The van der Waals surface area contributed by atoms with Gasteiger partial charge in [-0.2, -0.15) is 10.2 Å². The van der Waals surface area contributed by atoms with Crippen molar-refractivity contribution in [3.63, 3.8) is 0 Å². The van der Waals surface area contributed by atoms with E-state index in [1.54, 1.807) is 43.6 Å². The lowest BCUT2D eigenvalue weighted by Crippen LogP contribution is -2.27. The normalized spacial score (nSPS) is 11.2. The maximum Gasteiger partial charge on any atom is 0.269 e. The molecule has 0 spiro atoms. The van der Waals surface area contributed by atoms with E-state index in [4.69, 9.17) is 14.2 Å². The average Bonchev–Trinajstić information content (AvgIpc) is 2.82. The molecule has 3 rings (SSSR count). The molecular weight excluding hydrogens is 424 g/mol. The van der Waals surface area contributed by atoms with E-state index in [1.165, 1.54) is 17.6 Å². The van der Waals surface area contributed by atoms with Crippen molar-refractivity contribution in [2.24, 2.45) is 0 Å². The molecule has 0 aliphatic heterocycles. The molecule has 0 radical (unpaired) electrons. The van der Waals surface area contributed by atoms with Gasteiger partial charge in [0.05, 0.1) is 7.11 Å². The minimum absolute atomic E-state index is 0.0346. The smallest absolute Gasteiger partial charge is 0.269 e. The van der Waals surface area contributed by atoms with E-state index < -0.39 is 11.5 Å². The maximum absolute atomic E-state index is 13.3. The number of ether oxygens (including phenoxy) is 3. The predicted octanol–water partition coefficient (Wildman–Crippen LogP) is 2.86. The summed E-state index contributed by atoms with van der Waals surface area (Å²) in [4.78, 5) is 30.4. The van der Waals surface area contributed by atoms with Crippen LogP contribution in [0, 0.1) is 18.3 Å². The first-order valence-corrected chi connectivity index (χ1v) is 10.2. The molecule has 33 heavy (non-hydrogen) atoms. The van der Waals surface area contributed by atoms with Gasteiger partial charge in [0.2, 0.25) is 5.88 Å². The van der Waals surface area contributed by atoms with Gasteiger partial charge in [-0.1, -0.05) is 18.2 Å². The van der Waals surface area contributed by atoms with Crippen molar-refractivity contribution in [2.45, 2.75) is 13.3 Å². The van der Waals surface area contributed by atoms with Crippen LogP contribution in [0.2, 0.25) is 0 Å². The Kier molecular flexibility index (Phi) is 7.78. The summed E-state index contributed by atoms with van der Waals surface area (Å²) >= 11 is 0. The Morgan fingerprint density at radius 2 is 1.97 bits per heavy atom. The molecule has 170 valence electrons. The molecule has 2 aromatic heterocycles. The largest absolute Gasteiger partial charge is 0.493 e. The summed E-state index contributed by atoms with van der Waals surface area (Å²) in [5.41, 5.74) is 0.392. The number of nitrogens with zero attached hydrogens (tertiary/aromatic N) is 3. The molecule has 9 heteroatoms. The van der Waals surface area contributed by atoms with Crippen molar-refractivity contribution in [2.75, 3.05) is 27.4 Å². The first kappa shape index (κ1) is 23.5. The van der Waals surface area contributed by atoms with Gasteiger partial charge in [0, 0.05) is 26.5 Å². The third kappa shape index (κ3) is 5.37. The lowest BCUT2D eigenvalue weighted by Gasteiger charge is -2.13. The molecule has 1 N–H and O–H groups in total. The SMILES string of the molecule is COCCCNC(=O)/C(C#N)=C/c1c(Oc2ccccc2OC)nc2c(C)cccn2c1=O. The number of para-hydroxylation sites is 2. The molecule has 9 nitrogen and oxygen atoms in total. The van der Waals surface area contributed by atoms with Crippen LogP contribution in [-0.2, 0) is 9.53 Å². The van der Waals surface area contributed by atoms with E-state index in [0.29, 0.717) is 36.7 Å². The van der Waals surface area contributed by atoms with Gasteiger partial charge in [0.15, 0.2) is 11.5 Å². The Hall–Kier alpha value is -4.16. The van der Waals surface area contributed by atoms with Crippen LogP contribution in [0.3, 0.4) is 0 Å². The zero-order valence-corrected chi connectivity index (χ0v) is 18.6. The molecule has 0 unspecified atom stereocenters. The number of fused-ring (bicyclic) bond motifs is 1. The second kappa shape index (κ2) is 10.9. The first-order valence-electron chi connectivity index (χ1n) is 10.2. The minimum atomic E-state index is -0.606. The molecule has 0 bridgehead atoms. The van der Waals surface area contributed by atoms with Gasteiger partial charge in [0.1, 0.15) is 22.9 Å². The molecule has 2 heterocycles. The van der Waals surface area contributed by atoms with Crippen LogP contribution in [-0.4, -0.2) is 42.7 Å². The first-order chi connectivity index (χ1) is 16.0. The number of carbonyl (C=O) groups excluding carboxylic acids is 1. The highest BCUT2D eigenvalue weighted by molar-refractivity contribution is 6.01. The summed E-state index contributed by atoms with van der Waals surface area (Å²) in [6.07, 6.45) is 3.35. The fourth-order valence-corrected chi connectivity index (χ4v) is 3.11. The number of hydrogen-bond acceptors (Lipinski definition) is 7. The van der Waals surface area contributed by atoms with Crippen molar-refractivity contribution >= 4 is 17.6 Å². The highest BCUT2D eigenvalue weighted by atomic mass is 16.5. The van der Waals surface area contributed by atoms with Gasteiger partial charge in [-0.05, 0) is 43.2 Å². The third-order valence-corrected chi connectivity index (χ3v) is 4.79. The number of benzene rings is 1. The maximum atomic E-state index is 13.3. The Balaban J connectivity index is 2.12. The van der Waals surface area contributed by atoms with Gasteiger partial charge >= 0.3 is 0 Å². The van der Waals surface area contributed by atoms with E-state index >= 15 is 0 Å². The summed E-state index contributed by atoms with van der Waals surface area (Å²) in [6, 6.07) is 12.3. The number of rotatable bonds is 9. The summed E-state index contributed by atoms with van der Waals surface area (Å²) in [6.45, 7) is 2.61. The highest BCUT2D eigenvalue weighted by Gasteiger charge is 2.19. The van der Waals surface area contributed by atoms with Crippen molar-refractivity contribution in [1.82, 2.24) is 14.7 Å². The zero-order chi connectivity index (χ0) is 23.8. The van der Waals surface area contributed by atoms with Crippen LogP contribution < -0.4 is 20.3 Å². The molecule has 0 atom stereocenters. The Morgan fingerprint density at radius 3 is 2.67 bits per heavy atom. The fourth-order valence-electron chi connectivity index (χ4n) is 3.11. The van der Waals surface area contributed by atoms with Crippen LogP contribution in [0.25, 0.3) is 11.7 Å². The number of pyridine rings is 1. The van der Waals surface area contributed by atoms with Crippen LogP contribution in [0.15, 0.2) is 53.0 Å². The molecule has 0 saturated carbocycles. The Bertz CT molecular complexity index is 1290. The number of aryl methyl sites for hydroxylation is 1. The lowest BCUT2D eigenvalue weighted by atomic mass is 10.1. The second-order valence-electron chi connectivity index (χ2n) is 7.05. The average molecular weight is 448 g/mol. The second-order valence-corrected chi connectivity index (χ2v) is 7.05. The quantitative estimate of drug-likeness (QED) is 0.304. The predicted molar refractivity (Wildman–Crippen MR) is 122 cm³/mol. The number of methoxy groups -OCH3 is 2. The van der Waals surface area contributed by atoms with Crippen molar-refractivity contribution < 1.29 is 19.0 Å². The molecule has 3 aromatic rings. The number of aromatic nitrogens is 2. The Labute approximate surface area is 190 Å². The van der Waals surface area contributed by atoms with Gasteiger partial charge in [0.25, 0.3) is 11.5 Å². The topological polar surface area (TPSA) is 115 Å². The van der Waals surface area contributed by atoms with Gasteiger partial charge in [-0.25, -0.2) is 0 Å². The molecular formula is C24H24N4O5. The molecule has 0 saturated heterocycles. The van der Waals surface area contributed by atoms with Gasteiger partial charge in [-0.3, -0.25) is 14.0 Å². The number of nitrogens with one attached hydrogen (secondary N) is 1. The van der Waals surface area contributed by atoms with E-state index in [9.17, 15) is 14.9 Å². The van der Waals surface area contributed by atoms with Crippen LogP contribution >= 0.6 is 0 Å². The molecule has 0 aliphatic carbocycles. The third-order valence-electron chi connectivity index (χ3n) is 4.79. The number of amides is 1. The lowest BCUT2D eigenvalue weighted by molar-refractivity contribution is -0.117. The van der Waals surface area contributed by atoms with Crippen molar-refractivity contribution in [3.05, 3.63) is 69.6 Å². The zero-order valence-electron chi connectivity index (χ0n) is 18.6. The van der Waals surface area contributed by atoms with E-state index in [2.05, 4.69) is 10.3 Å². The number of carbonyl (C=O) groups is 1. The van der Waals surface area contributed by atoms with Crippen molar-refractivity contribution in [3.8, 4) is 23.4 Å². The van der Waals surface area contributed by atoms with E-state index in [-0.39, 0.29) is 17.0 Å². The van der Waals surface area contributed by atoms with Gasteiger partial charge in [-0.15, -0.1) is 0 Å². The standard InChI is InChI=1S/C24H24N4O5/c1-16-8-6-12-28-21(16)27-23(33-20-10-5-4-9-19(20)32-3)18(24(28)30)14-17(15-25)22(29)26-11-7-13-31-2/h4-6,8-10,12,14H,7,11,13H2,1-3H3,(H,26,29)/b17-14+. The van der Waals surface area contributed by atoms with Crippen LogP contribution in [0.5, 0.6) is 17.4 Å². The van der Waals surface area contributed by atoms with Crippen molar-refractivity contribution in [1.29, 1.82) is 5.26 Å². The molecule has 1 amide bonds. The molecule has 1 aromatic carbocycles. The summed E-state index contributed by atoms with van der Waals surface area (Å²) in [7, 11) is 3.06.